The number of piperazine rings is 1. The van der Waals surface area contributed by atoms with Crippen LogP contribution < -0.4 is 0 Å². The second-order valence-corrected chi connectivity index (χ2v) is 6.59. The Morgan fingerprint density at radius 2 is 1.69 bits per heavy atom. The lowest BCUT2D eigenvalue weighted by atomic mass is 10.0. The molecular weight excluding hydrogens is 326 g/mol. The van der Waals surface area contributed by atoms with Crippen molar-refractivity contribution < 1.29 is 9.90 Å². The number of nitrogens with zero attached hydrogens (tertiary/aromatic N) is 3. The summed E-state index contributed by atoms with van der Waals surface area (Å²) in [5.74, 6) is 0.388. The first-order valence-corrected chi connectivity index (χ1v) is 8.83. The Hall–Kier alpha value is -2.92. The molecule has 3 aromatic rings. The van der Waals surface area contributed by atoms with E-state index in [2.05, 4.69) is 16.0 Å². The number of pyridine rings is 1. The van der Waals surface area contributed by atoms with E-state index in [9.17, 15) is 9.90 Å². The summed E-state index contributed by atoms with van der Waals surface area (Å²) in [4.78, 5) is 20.7. The lowest BCUT2D eigenvalue weighted by Crippen LogP contribution is -2.48. The lowest BCUT2D eigenvalue weighted by molar-refractivity contribution is 0.0628. The van der Waals surface area contributed by atoms with Crippen LogP contribution in [-0.4, -0.2) is 52.0 Å². The maximum atomic E-state index is 12.5. The van der Waals surface area contributed by atoms with Crippen molar-refractivity contribution in [3.8, 4) is 5.75 Å². The third-order valence-corrected chi connectivity index (χ3v) is 4.98. The Balaban J connectivity index is 1.45. The van der Waals surface area contributed by atoms with Crippen LogP contribution in [0.2, 0.25) is 0 Å². The van der Waals surface area contributed by atoms with Gasteiger partial charge in [-0.05, 0) is 29.0 Å². The van der Waals surface area contributed by atoms with Gasteiger partial charge in [-0.25, -0.2) is 0 Å². The summed E-state index contributed by atoms with van der Waals surface area (Å²) in [5.41, 5.74) is 1.64. The number of rotatable bonds is 3. The van der Waals surface area contributed by atoms with Crippen molar-refractivity contribution in [1.29, 1.82) is 0 Å². The van der Waals surface area contributed by atoms with Crippen LogP contribution in [0.15, 0.2) is 60.9 Å². The number of phenols is 1. The summed E-state index contributed by atoms with van der Waals surface area (Å²) in [5, 5.41) is 12.5. The Morgan fingerprint density at radius 1 is 0.962 bits per heavy atom. The molecule has 0 radical (unpaired) electrons. The predicted molar refractivity (Wildman–Crippen MR) is 101 cm³/mol. The Bertz CT molecular complexity index is 919. The fourth-order valence-corrected chi connectivity index (χ4v) is 3.50. The molecular formula is C21H21N3O2. The molecule has 132 valence electrons. The van der Waals surface area contributed by atoms with Crippen LogP contribution in [0.4, 0.5) is 0 Å². The van der Waals surface area contributed by atoms with Crippen molar-refractivity contribution in [2.24, 2.45) is 0 Å². The average molecular weight is 347 g/mol. The van der Waals surface area contributed by atoms with Gasteiger partial charge in [0.15, 0.2) is 0 Å². The molecule has 26 heavy (non-hydrogen) atoms. The number of fused-ring (bicyclic) bond motifs is 1. The largest absolute Gasteiger partial charge is 0.508 e. The summed E-state index contributed by atoms with van der Waals surface area (Å²) >= 11 is 0. The van der Waals surface area contributed by atoms with Crippen molar-refractivity contribution in [1.82, 2.24) is 14.8 Å². The van der Waals surface area contributed by atoms with Crippen molar-refractivity contribution in [2.75, 3.05) is 26.2 Å². The van der Waals surface area contributed by atoms with E-state index in [1.54, 1.807) is 30.6 Å². The molecule has 2 aromatic carbocycles. The van der Waals surface area contributed by atoms with Gasteiger partial charge in [0.05, 0.1) is 0 Å². The third kappa shape index (κ3) is 3.26. The highest BCUT2D eigenvalue weighted by atomic mass is 16.3. The SMILES string of the molecule is O=C(c1ccncc1)N1CCN(Cc2c(O)ccc3ccccc23)CC1. The van der Waals surface area contributed by atoms with Crippen molar-refractivity contribution in [2.45, 2.75) is 6.54 Å². The van der Waals surface area contributed by atoms with Gasteiger partial charge in [0, 0.05) is 56.2 Å². The summed E-state index contributed by atoms with van der Waals surface area (Å²) in [6.45, 7) is 3.64. The zero-order chi connectivity index (χ0) is 17.9. The van der Waals surface area contributed by atoms with Crippen LogP contribution >= 0.6 is 0 Å². The van der Waals surface area contributed by atoms with E-state index in [0.29, 0.717) is 30.9 Å². The zero-order valence-corrected chi connectivity index (χ0v) is 14.5. The smallest absolute Gasteiger partial charge is 0.254 e. The molecule has 2 heterocycles. The first-order chi connectivity index (χ1) is 12.7. The van der Waals surface area contributed by atoms with Gasteiger partial charge in [0.2, 0.25) is 0 Å². The van der Waals surface area contributed by atoms with E-state index in [4.69, 9.17) is 0 Å². The van der Waals surface area contributed by atoms with Crippen molar-refractivity contribution >= 4 is 16.7 Å². The molecule has 0 aliphatic carbocycles. The number of benzene rings is 2. The minimum atomic E-state index is 0.0556. The van der Waals surface area contributed by atoms with Crippen molar-refractivity contribution in [3.63, 3.8) is 0 Å². The standard InChI is InChI=1S/C21H21N3O2/c25-20-6-5-16-3-1-2-4-18(16)19(20)15-23-11-13-24(14-12-23)21(26)17-7-9-22-10-8-17/h1-10,25H,11-15H2. The summed E-state index contributed by atoms with van der Waals surface area (Å²) in [7, 11) is 0. The van der Waals surface area contributed by atoms with Crippen molar-refractivity contribution in [3.05, 3.63) is 72.1 Å². The second-order valence-electron chi connectivity index (χ2n) is 6.59. The fraction of sp³-hybridized carbons (Fsp3) is 0.238. The molecule has 5 nitrogen and oxygen atoms in total. The van der Waals surface area contributed by atoms with E-state index in [1.807, 2.05) is 29.2 Å². The predicted octanol–water partition coefficient (Wildman–Crippen LogP) is 2.90. The normalized spacial score (nSPS) is 15.3. The minimum Gasteiger partial charge on any atom is -0.508 e. The molecule has 4 rings (SSSR count). The molecule has 1 aliphatic rings. The summed E-state index contributed by atoms with van der Waals surface area (Å²) in [6.07, 6.45) is 3.29. The van der Waals surface area contributed by atoms with Crippen LogP contribution in [0.1, 0.15) is 15.9 Å². The minimum absolute atomic E-state index is 0.0556. The summed E-state index contributed by atoms with van der Waals surface area (Å²) < 4.78 is 0. The molecule has 1 aromatic heterocycles. The molecule has 1 amide bonds. The quantitative estimate of drug-likeness (QED) is 0.791. The number of hydrogen-bond donors (Lipinski definition) is 1. The van der Waals surface area contributed by atoms with Crippen LogP contribution in [0, 0.1) is 0 Å². The number of aromatic hydroxyl groups is 1. The molecule has 0 atom stereocenters. The van der Waals surface area contributed by atoms with Gasteiger partial charge in [0.25, 0.3) is 5.91 Å². The van der Waals surface area contributed by atoms with E-state index in [0.717, 1.165) is 29.4 Å². The molecule has 1 N–H and O–H groups in total. The molecule has 0 saturated carbocycles. The number of carbonyl (C=O) groups is 1. The first kappa shape index (κ1) is 16.5. The van der Waals surface area contributed by atoms with E-state index >= 15 is 0 Å². The topological polar surface area (TPSA) is 56.7 Å². The van der Waals surface area contributed by atoms with Crippen LogP contribution in [0.5, 0.6) is 5.75 Å². The molecule has 0 bridgehead atoms. The Morgan fingerprint density at radius 3 is 2.46 bits per heavy atom. The molecule has 1 fully saturated rings. The van der Waals surface area contributed by atoms with Gasteiger partial charge < -0.3 is 10.0 Å². The van der Waals surface area contributed by atoms with Gasteiger partial charge >= 0.3 is 0 Å². The van der Waals surface area contributed by atoms with Gasteiger partial charge in [-0.2, -0.15) is 0 Å². The highest BCUT2D eigenvalue weighted by molar-refractivity contribution is 5.94. The maximum absolute atomic E-state index is 12.5. The van der Waals surface area contributed by atoms with Gasteiger partial charge in [-0.1, -0.05) is 30.3 Å². The Kier molecular flexibility index (Phi) is 4.54. The van der Waals surface area contributed by atoms with Crippen LogP contribution in [0.3, 0.4) is 0 Å². The van der Waals surface area contributed by atoms with E-state index < -0.39 is 0 Å². The highest BCUT2D eigenvalue weighted by Gasteiger charge is 2.23. The van der Waals surface area contributed by atoms with Gasteiger partial charge in [0.1, 0.15) is 5.75 Å². The molecule has 0 spiro atoms. The first-order valence-electron chi connectivity index (χ1n) is 8.83. The van der Waals surface area contributed by atoms with Crippen LogP contribution in [0.25, 0.3) is 10.8 Å². The maximum Gasteiger partial charge on any atom is 0.254 e. The fourth-order valence-electron chi connectivity index (χ4n) is 3.50. The highest BCUT2D eigenvalue weighted by Crippen LogP contribution is 2.28. The van der Waals surface area contributed by atoms with E-state index in [1.165, 1.54) is 0 Å². The number of hydrogen-bond acceptors (Lipinski definition) is 4. The van der Waals surface area contributed by atoms with Gasteiger partial charge in [-0.3, -0.25) is 14.7 Å². The number of aromatic nitrogens is 1. The number of phenolic OH excluding ortho intramolecular Hbond substituents is 1. The average Bonchev–Trinajstić information content (AvgIpc) is 2.71. The number of carbonyl (C=O) groups excluding carboxylic acids is 1. The lowest BCUT2D eigenvalue weighted by Gasteiger charge is -2.35. The molecule has 0 unspecified atom stereocenters. The monoisotopic (exact) mass is 347 g/mol. The second kappa shape index (κ2) is 7.14. The molecule has 1 saturated heterocycles. The van der Waals surface area contributed by atoms with Gasteiger partial charge in [-0.15, -0.1) is 0 Å². The third-order valence-electron chi connectivity index (χ3n) is 4.98. The molecule has 5 heteroatoms. The number of amides is 1. The van der Waals surface area contributed by atoms with Crippen LogP contribution in [-0.2, 0) is 6.54 Å². The molecule has 1 aliphatic heterocycles. The zero-order valence-electron chi connectivity index (χ0n) is 14.5. The summed E-state index contributed by atoms with van der Waals surface area (Å²) in [6, 6.07) is 15.3. The van der Waals surface area contributed by atoms with E-state index in [-0.39, 0.29) is 5.91 Å². The Labute approximate surface area is 152 Å².